The minimum absolute atomic E-state index is 0.102. The molecule has 0 bridgehead atoms. The standard InChI is InChI=1S/C19H19N5O5/c1-20-23(2)13-6-7-15(16(11-13)24-17(25)8-9-18(24)26)22-21-12-4-3-5-14(10-12)29-19(27)28/h3-7,10-11,20H,8-9H2,1-2H3,(H,27,28). The Morgan fingerprint density at radius 1 is 1.14 bits per heavy atom. The summed E-state index contributed by atoms with van der Waals surface area (Å²) in [5.74, 6) is -0.495. The zero-order chi connectivity index (χ0) is 21.0. The van der Waals surface area contributed by atoms with Crippen LogP contribution in [0.1, 0.15) is 12.8 Å². The maximum absolute atomic E-state index is 12.2. The van der Waals surface area contributed by atoms with E-state index in [1.165, 1.54) is 12.1 Å². The molecule has 0 aromatic heterocycles. The van der Waals surface area contributed by atoms with Crippen LogP contribution in [0.5, 0.6) is 5.75 Å². The quantitative estimate of drug-likeness (QED) is 0.252. The van der Waals surface area contributed by atoms with Crippen molar-refractivity contribution >= 4 is 40.7 Å². The molecule has 0 aliphatic carbocycles. The van der Waals surface area contributed by atoms with E-state index in [0.717, 1.165) is 10.6 Å². The number of hydrazine groups is 1. The molecule has 0 spiro atoms. The molecule has 0 saturated carbocycles. The molecule has 2 aromatic carbocycles. The van der Waals surface area contributed by atoms with Crippen molar-refractivity contribution in [1.82, 2.24) is 5.43 Å². The van der Waals surface area contributed by atoms with Gasteiger partial charge in [-0.25, -0.2) is 15.1 Å². The Morgan fingerprint density at radius 2 is 1.86 bits per heavy atom. The van der Waals surface area contributed by atoms with Gasteiger partial charge in [-0.1, -0.05) is 6.07 Å². The summed E-state index contributed by atoms with van der Waals surface area (Å²) in [4.78, 5) is 36.3. The van der Waals surface area contributed by atoms with E-state index in [1.807, 2.05) is 0 Å². The van der Waals surface area contributed by atoms with Gasteiger partial charge in [-0.05, 0) is 30.3 Å². The van der Waals surface area contributed by atoms with Crippen molar-refractivity contribution in [3.63, 3.8) is 0 Å². The van der Waals surface area contributed by atoms with Crippen LogP contribution >= 0.6 is 0 Å². The first kappa shape index (κ1) is 20.0. The molecule has 0 radical (unpaired) electrons. The lowest BCUT2D eigenvalue weighted by molar-refractivity contribution is -0.121. The second kappa shape index (κ2) is 8.48. The number of hydrogen-bond donors (Lipinski definition) is 2. The monoisotopic (exact) mass is 397 g/mol. The third-order valence-electron chi connectivity index (χ3n) is 4.27. The molecule has 1 aliphatic rings. The number of rotatable bonds is 6. The number of imide groups is 1. The number of hydrogen-bond acceptors (Lipinski definition) is 8. The van der Waals surface area contributed by atoms with Gasteiger partial charge in [0.25, 0.3) is 0 Å². The van der Waals surface area contributed by atoms with E-state index in [-0.39, 0.29) is 30.4 Å². The highest BCUT2D eigenvalue weighted by Gasteiger charge is 2.32. The van der Waals surface area contributed by atoms with E-state index < -0.39 is 6.16 Å². The molecule has 10 nitrogen and oxygen atoms in total. The number of ether oxygens (including phenoxy) is 1. The molecule has 3 rings (SSSR count). The number of nitrogens with one attached hydrogen (secondary N) is 1. The number of amides is 2. The topological polar surface area (TPSA) is 124 Å². The van der Waals surface area contributed by atoms with E-state index in [1.54, 1.807) is 49.4 Å². The van der Waals surface area contributed by atoms with Crippen LogP contribution in [0.2, 0.25) is 0 Å². The van der Waals surface area contributed by atoms with Crippen LogP contribution in [0, 0.1) is 0 Å². The van der Waals surface area contributed by atoms with Crippen molar-refractivity contribution in [2.24, 2.45) is 10.2 Å². The van der Waals surface area contributed by atoms with Crippen molar-refractivity contribution < 1.29 is 24.2 Å². The third-order valence-corrected chi connectivity index (χ3v) is 4.27. The first-order valence-electron chi connectivity index (χ1n) is 8.72. The predicted molar refractivity (Wildman–Crippen MR) is 105 cm³/mol. The lowest BCUT2D eigenvalue weighted by Crippen LogP contribution is -2.32. The Bertz CT molecular complexity index is 975. The average molecular weight is 397 g/mol. The van der Waals surface area contributed by atoms with Crippen LogP contribution in [0.25, 0.3) is 0 Å². The normalized spacial score (nSPS) is 13.9. The van der Waals surface area contributed by atoms with Gasteiger partial charge in [0.15, 0.2) is 0 Å². The zero-order valence-corrected chi connectivity index (χ0v) is 15.8. The van der Waals surface area contributed by atoms with Crippen molar-refractivity contribution in [2.75, 3.05) is 24.0 Å². The Hall–Kier alpha value is -3.79. The Labute approximate surface area is 166 Å². The van der Waals surface area contributed by atoms with Gasteiger partial charge >= 0.3 is 6.16 Å². The summed E-state index contributed by atoms with van der Waals surface area (Å²) in [6.07, 6.45) is -1.14. The second-order valence-corrected chi connectivity index (χ2v) is 6.14. The molecule has 2 N–H and O–H groups in total. The molecule has 1 fully saturated rings. The number of anilines is 2. The number of carbonyl (C=O) groups excluding carboxylic acids is 2. The van der Waals surface area contributed by atoms with Crippen LogP contribution in [0.15, 0.2) is 52.7 Å². The molecule has 0 atom stereocenters. The Balaban J connectivity index is 1.98. The lowest BCUT2D eigenvalue weighted by atomic mass is 10.2. The van der Waals surface area contributed by atoms with Gasteiger partial charge in [0.1, 0.15) is 11.4 Å². The van der Waals surface area contributed by atoms with Crippen molar-refractivity contribution in [3.8, 4) is 5.75 Å². The van der Waals surface area contributed by atoms with E-state index in [2.05, 4.69) is 20.4 Å². The first-order chi connectivity index (χ1) is 13.9. The molecule has 1 saturated heterocycles. The predicted octanol–water partition coefficient (Wildman–Crippen LogP) is 3.38. The highest BCUT2D eigenvalue weighted by Crippen LogP contribution is 2.36. The number of azo groups is 1. The fourth-order valence-corrected chi connectivity index (χ4v) is 2.78. The fourth-order valence-electron chi connectivity index (χ4n) is 2.78. The first-order valence-corrected chi connectivity index (χ1v) is 8.72. The minimum Gasteiger partial charge on any atom is -0.449 e. The van der Waals surface area contributed by atoms with E-state index in [9.17, 15) is 14.4 Å². The van der Waals surface area contributed by atoms with Gasteiger partial charge in [0.2, 0.25) is 11.8 Å². The zero-order valence-electron chi connectivity index (χ0n) is 15.8. The second-order valence-electron chi connectivity index (χ2n) is 6.14. The summed E-state index contributed by atoms with van der Waals surface area (Å²) in [7, 11) is 3.54. The van der Waals surface area contributed by atoms with Crippen molar-refractivity contribution in [3.05, 3.63) is 42.5 Å². The van der Waals surface area contributed by atoms with Gasteiger partial charge in [0.05, 0.1) is 17.1 Å². The molecule has 1 aliphatic heterocycles. The highest BCUT2D eigenvalue weighted by atomic mass is 16.7. The van der Waals surface area contributed by atoms with Gasteiger partial charge in [-0.2, -0.15) is 5.11 Å². The SMILES string of the molecule is CNN(C)c1ccc(N=Nc2cccc(OC(=O)O)c2)c(N2C(=O)CCC2=O)c1. The Kier molecular flexibility index (Phi) is 5.84. The summed E-state index contributed by atoms with van der Waals surface area (Å²) >= 11 is 0. The van der Waals surface area contributed by atoms with E-state index in [4.69, 9.17) is 5.11 Å². The molecular weight excluding hydrogens is 378 g/mol. The van der Waals surface area contributed by atoms with E-state index >= 15 is 0 Å². The fraction of sp³-hybridized carbons (Fsp3) is 0.211. The molecule has 2 aromatic rings. The smallest absolute Gasteiger partial charge is 0.449 e. The van der Waals surface area contributed by atoms with Crippen LogP contribution in [-0.4, -0.2) is 37.2 Å². The lowest BCUT2D eigenvalue weighted by Gasteiger charge is -2.21. The minimum atomic E-state index is -1.43. The van der Waals surface area contributed by atoms with Crippen molar-refractivity contribution in [2.45, 2.75) is 12.8 Å². The highest BCUT2D eigenvalue weighted by molar-refractivity contribution is 6.21. The summed E-state index contributed by atoms with van der Waals surface area (Å²) in [5.41, 5.74) is 4.69. The summed E-state index contributed by atoms with van der Waals surface area (Å²) in [6.45, 7) is 0. The average Bonchev–Trinajstić information content (AvgIpc) is 3.03. The van der Waals surface area contributed by atoms with Crippen LogP contribution in [-0.2, 0) is 9.59 Å². The number of nitrogens with zero attached hydrogens (tertiary/aromatic N) is 4. The van der Waals surface area contributed by atoms with Gasteiger partial charge < -0.3 is 14.9 Å². The van der Waals surface area contributed by atoms with Crippen LogP contribution in [0.3, 0.4) is 0 Å². The molecule has 29 heavy (non-hydrogen) atoms. The molecule has 2 amide bonds. The number of benzene rings is 2. The maximum atomic E-state index is 12.2. The number of carbonyl (C=O) groups is 3. The van der Waals surface area contributed by atoms with Gasteiger partial charge in [0, 0.05) is 33.0 Å². The number of carboxylic acid groups (broad SMARTS) is 1. The maximum Gasteiger partial charge on any atom is 0.511 e. The molecular formula is C19H19N5O5. The summed E-state index contributed by atoms with van der Waals surface area (Å²) in [5, 5.41) is 18.7. The molecule has 1 heterocycles. The van der Waals surface area contributed by atoms with Gasteiger partial charge in [-0.15, -0.1) is 5.11 Å². The van der Waals surface area contributed by atoms with Crippen molar-refractivity contribution in [1.29, 1.82) is 0 Å². The van der Waals surface area contributed by atoms with Crippen LogP contribution < -0.4 is 20.1 Å². The third kappa shape index (κ3) is 4.55. The summed E-state index contributed by atoms with van der Waals surface area (Å²) in [6, 6.07) is 11.2. The summed E-state index contributed by atoms with van der Waals surface area (Å²) < 4.78 is 4.60. The van der Waals surface area contributed by atoms with Gasteiger partial charge in [-0.3, -0.25) is 9.59 Å². The van der Waals surface area contributed by atoms with Crippen LogP contribution in [0.4, 0.5) is 27.5 Å². The Morgan fingerprint density at radius 3 is 2.52 bits per heavy atom. The van der Waals surface area contributed by atoms with E-state index in [0.29, 0.717) is 17.1 Å². The largest absolute Gasteiger partial charge is 0.511 e. The molecule has 150 valence electrons. The molecule has 10 heteroatoms. The molecule has 0 unspecified atom stereocenters.